The zero-order valence-electron chi connectivity index (χ0n) is 16.9. The van der Waals surface area contributed by atoms with Gasteiger partial charge in [0.2, 0.25) is 0 Å². The third-order valence-electron chi connectivity index (χ3n) is 4.57. The average molecular weight is 413 g/mol. The average Bonchev–Trinajstić information content (AvgIpc) is 2.90. The van der Waals surface area contributed by atoms with Crippen LogP contribution >= 0.6 is 11.6 Å². The van der Waals surface area contributed by atoms with Gasteiger partial charge >= 0.3 is 0 Å². The van der Waals surface area contributed by atoms with Gasteiger partial charge in [-0.2, -0.15) is 0 Å². The van der Waals surface area contributed by atoms with Crippen LogP contribution in [-0.4, -0.2) is 36.0 Å². The van der Waals surface area contributed by atoms with Crippen LogP contribution in [0.25, 0.3) is 5.57 Å². The zero-order valence-corrected chi connectivity index (χ0v) is 17.6. The highest BCUT2D eigenvalue weighted by Crippen LogP contribution is 2.31. The van der Waals surface area contributed by atoms with Crippen LogP contribution in [-0.2, 0) is 14.3 Å². The molecule has 2 amide bonds. The van der Waals surface area contributed by atoms with Crippen molar-refractivity contribution in [1.29, 1.82) is 0 Å². The molecule has 0 aromatic heterocycles. The molecule has 152 valence electrons. The summed E-state index contributed by atoms with van der Waals surface area (Å²) in [6, 6.07) is 14.6. The molecule has 1 N–H and O–H groups in total. The molecule has 0 atom stereocenters. The van der Waals surface area contributed by atoms with Crippen LogP contribution in [0.3, 0.4) is 0 Å². The number of anilines is 1. The number of carbonyl (C=O) groups is 2. The van der Waals surface area contributed by atoms with Gasteiger partial charge in [-0.15, -0.1) is 0 Å². The monoisotopic (exact) mass is 412 g/mol. The molecule has 6 heteroatoms. The van der Waals surface area contributed by atoms with Gasteiger partial charge in [-0.3, -0.25) is 14.5 Å². The van der Waals surface area contributed by atoms with E-state index in [1.54, 1.807) is 24.3 Å². The Morgan fingerprint density at radius 3 is 2.45 bits per heavy atom. The molecule has 0 fully saturated rings. The molecule has 1 aliphatic heterocycles. The van der Waals surface area contributed by atoms with E-state index in [1.165, 1.54) is 4.90 Å². The number of benzene rings is 2. The fourth-order valence-electron chi connectivity index (χ4n) is 3.19. The van der Waals surface area contributed by atoms with Gasteiger partial charge in [-0.05, 0) is 62.6 Å². The summed E-state index contributed by atoms with van der Waals surface area (Å²) in [6.07, 6.45) is 0.697. The maximum atomic E-state index is 13.1. The van der Waals surface area contributed by atoms with E-state index >= 15 is 0 Å². The Bertz CT molecular complexity index is 935. The van der Waals surface area contributed by atoms with Crippen molar-refractivity contribution < 1.29 is 14.3 Å². The van der Waals surface area contributed by atoms with Gasteiger partial charge < -0.3 is 10.1 Å². The molecule has 1 aliphatic rings. The summed E-state index contributed by atoms with van der Waals surface area (Å²) in [6.45, 7) is 6.68. The summed E-state index contributed by atoms with van der Waals surface area (Å²) < 4.78 is 5.54. The second-order valence-electron chi connectivity index (χ2n) is 7.29. The Hall–Kier alpha value is -2.63. The van der Waals surface area contributed by atoms with Crippen molar-refractivity contribution in [2.24, 2.45) is 0 Å². The van der Waals surface area contributed by atoms with Crippen molar-refractivity contribution in [3.8, 4) is 0 Å². The van der Waals surface area contributed by atoms with Crippen LogP contribution in [0.2, 0.25) is 5.02 Å². The number of carbonyl (C=O) groups excluding carboxylic acids is 2. The lowest BCUT2D eigenvalue weighted by Gasteiger charge is -2.16. The van der Waals surface area contributed by atoms with Crippen molar-refractivity contribution >= 4 is 34.7 Å². The minimum Gasteiger partial charge on any atom is -0.379 e. The molecule has 0 aliphatic carbocycles. The quantitative estimate of drug-likeness (QED) is 0.506. The first kappa shape index (κ1) is 21.1. The van der Waals surface area contributed by atoms with Crippen LogP contribution in [0, 0.1) is 6.92 Å². The number of amides is 2. The van der Waals surface area contributed by atoms with Crippen molar-refractivity contribution in [3.05, 3.63) is 70.4 Å². The third-order valence-corrected chi connectivity index (χ3v) is 4.82. The van der Waals surface area contributed by atoms with Crippen molar-refractivity contribution in [2.75, 3.05) is 18.5 Å². The van der Waals surface area contributed by atoms with Crippen LogP contribution in [0.5, 0.6) is 0 Å². The summed E-state index contributed by atoms with van der Waals surface area (Å²) in [4.78, 5) is 27.5. The highest BCUT2D eigenvalue weighted by atomic mass is 35.5. The lowest BCUT2D eigenvalue weighted by atomic mass is 10.0. The van der Waals surface area contributed by atoms with Crippen LogP contribution in [0.1, 0.15) is 31.4 Å². The summed E-state index contributed by atoms with van der Waals surface area (Å²) in [5.41, 5.74) is 3.12. The molecule has 1 heterocycles. The maximum Gasteiger partial charge on any atom is 0.278 e. The molecule has 29 heavy (non-hydrogen) atoms. The summed E-state index contributed by atoms with van der Waals surface area (Å²) in [7, 11) is 0. The SMILES string of the molecule is Cc1cccc(NC2=C(c3ccc(Cl)cc3)C(=O)N(CCCOC(C)C)C2=O)c1. The molecule has 5 nitrogen and oxygen atoms in total. The number of hydrogen-bond donors (Lipinski definition) is 1. The van der Waals surface area contributed by atoms with Gasteiger partial charge in [0.25, 0.3) is 11.8 Å². The molecular formula is C23H25ClN2O3. The minimum atomic E-state index is -0.328. The largest absolute Gasteiger partial charge is 0.379 e. The highest BCUT2D eigenvalue weighted by Gasteiger charge is 2.38. The van der Waals surface area contributed by atoms with Gasteiger partial charge in [0.1, 0.15) is 5.70 Å². The van der Waals surface area contributed by atoms with Crippen molar-refractivity contribution in [1.82, 2.24) is 4.90 Å². The highest BCUT2D eigenvalue weighted by molar-refractivity contribution is 6.36. The van der Waals surface area contributed by atoms with Gasteiger partial charge in [0.15, 0.2) is 0 Å². The molecule has 0 bridgehead atoms. The predicted octanol–water partition coefficient (Wildman–Crippen LogP) is 4.66. The van der Waals surface area contributed by atoms with E-state index in [4.69, 9.17) is 16.3 Å². The van der Waals surface area contributed by atoms with Gasteiger partial charge in [0, 0.05) is 23.9 Å². The van der Waals surface area contributed by atoms with E-state index in [9.17, 15) is 9.59 Å². The van der Waals surface area contributed by atoms with E-state index in [2.05, 4.69) is 5.32 Å². The molecule has 0 spiro atoms. The van der Waals surface area contributed by atoms with E-state index in [-0.39, 0.29) is 23.6 Å². The number of rotatable bonds is 8. The smallest absolute Gasteiger partial charge is 0.278 e. The van der Waals surface area contributed by atoms with E-state index < -0.39 is 0 Å². The molecule has 2 aromatic rings. The number of halogens is 1. The van der Waals surface area contributed by atoms with Gasteiger partial charge in [-0.1, -0.05) is 35.9 Å². The molecule has 0 unspecified atom stereocenters. The first-order valence-electron chi connectivity index (χ1n) is 9.68. The first-order valence-corrected chi connectivity index (χ1v) is 10.1. The van der Waals surface area contributed by atoms with Crippen molar-refractivity contribution in [2.45, 2.75) is 33.3 Å². The van der Waals surface area contributed by atoms with Gasteiger partial charge in [0.05, 0.1) is 11.7 Å². The lowest BCUT2D eigenvalue weighted by molar-refractivity contribution is -0.137. The van der Waals surface area contributed by atoms with Crippen LogP contribution < -0.4 is 5.32 Å². The fourth-order valence-corrected chi connectivity index (χ4v) is 3.31. The standard InChI is InChI=1S/C23H25ClN2O3/c1-15(2)29-13-5-12-26-22(27)20(17-8-10-18(24)11-9-17)21(23(26)28)25-19-7-4-6-16(3)14-19/h4,6-11,14-15,25H,5,12-13H2,1-3H3. The molecule has 0 radical (unpaired) electrons. The van der Waals surface area contributed by atoms with Crippen molar-refractivity contribution in [3.63, 3.8) is 0 Å². The summed E-state index contributed by atoms with van der Waals surface area (Å²) >= 11 is 6.00. The molecule has 0 saturated heterocycles. The molecule has 0 saturated carbocycles. The minimum absolute atomic E-state index is 0.112. The Labute approximate surface area is 176 Å². The van der Waals surface area contributed by atoms with Crippen LogP contribution in [0.4, 0.5) is 5.69 Å². The lowest BCUT2D eigenvalue weighted by Crippen LogP contribution is -2.34. The number of ether oxygens (including phenoxy) is 1. The van der Waals surface area contributed by atoms with E-state index in [1.807, 2.05) is 45.0 Å². The number of hydrogen-bond acceptors (Lipinski definition) is 4. The normalized spacial score (nSPS) is 14.3. The van der Waals surface area contributed by atoms with Gasteiger partial charge in [-0.25, -0.2) is 0 Å². The number of nitrogens with one attached hydrogen (secondary N) is 1. The van der Waals surface area contributed by atoms with E-state index in [0.29, 0.717) is 35.7 Å². The fraction of sp³-hybridized carbons (Fsp3) is 0.304. The summed E-state index contributed by atoms with van der Waals surface area (Å²) in [5, 5.41) is 3.74. The number of aryl methyl sites for hydroxylation is 1. The number of imide groups is 1. The molecular weight excluding hydrogens is 388 g/mol. The second-order valence-corrected chi connectivity index (χ2v) is 7.72. The topological polar surface area (TPSA) is 58.6 Å². The third kappa shape index (κ3) is 5.05. The predicted molar refractivity (Wildman–Crippen MR) is 116 cm³/mol. The Kier molecular flexibility index (Phi) is 6.72. The molecule has 2 aromatic carbocycles. The van der Waals surface area contributed by atoms with Crippen LogP contribution in [0.15, 0.2) is 54.2 Å². The summed E-state index contributed by atoms with van der Waals surface area (Å²) in [5.74, 6) is -0.636. The number of nitrogens with zero attached hydrogens (tertiary/aromatic N) is 1. The first-order chi connectivity index (χ1) is 13.9. The molecule has 3 rings (SSSR count). The maximum absolute atomic E-state index is 13.1. The second kappa shape index (κ2) is 9.25. The Morgan fingerprint density at radius 2 is 1.79 bits per heavy atom. The zero-order chi connectivity index (χ0) is 21.0. The Balaban J connectivity index is 1.90. The van der Waals surface area contributed by atoms with E-state index in [0.717, 1.165) is 11.3 Å². The Morgan fingerprint density at radius 1 is 1.07 bits per heavy atom.